The summed E-state index contributed by atoms with van der Waals surface area (Å²) in [7, 11) is 0. The van der Waals surface area contributed by atoms with Crippen LogP contribution in [0.15, 0.2) is 24.3 Å². The Morgan fingerprint density at radius 3 is 2.78 bits per heavy atom. The summed E-state index contributed by atoms with van der Waals surface area (Å²) < 4.78 is 40.7. The van der Waals surface area contributed by atoms with E-state index in [1.54, 1.807) is 23.1 Å². The molecule has 1 saturated heterocycles. The second kappa shape index (κ2) is 5.86. The van der Waals surface area contributed by atoms with Crippen LogP contribution in [0.25, 0.3) is 11.0 Å². The molecule has 0 N–H and O–H groups in total. The van der Waals surface area contributed by atoms with Gasteiger partial charge in [-0.25, -0.2) is 4.98 Å². The summed E-state index contributed by atoms with van der Waals surface area (Å²) in [5, 5.41) is 0. The summed E-state index contributed by atoms with van der Waals surface area (Å²) >= 11 is 0. The van der Waals surface area contributed by atoms with Crippen LogP contribution in [0.1, 0.15) is 25.6 Å². The van der Waals surface area contributed by atoms with E-state index in [0.29, 0.717) is 24.5 Å². The van der Waals surface area contributed by atoms with Gasteiger partial charge in [-0.1, -0.05) is 19.1 Å². The third-order valence-electron chi connectivity index (χ3n) is 4.21. The molecule has 0 aliphatic carbocycles. The largest absolute Gasteiger partial charge is 0.449 e. The van der Waals surface area contributed by atoms with Crippen LogP contribution in [-0.4, -0.2) is 33.4 Å². The molecule has 0 spiro atoms. The Labute approximate surface area is 131 Å². The van der Waals surface area contributed by atoms with E-state index in [9.17, 15) is 18.0 Å². The van der Waals surface area contributed by atoms with Gasteiger partial charge >= 0.3 is 6.18 Å². The predicted molar refractivity (Wildman–Crippen MR) is 79.7 cm³/mol. The van der Waals surface area contributed by atoms with Gasteiger partial charge in [0.2, 0.25) is 11.7 Å². The number of alkyl halides is 3. The molecule has 1 aromatic heterocycles. The molecule has 2 aromatic rings. The summed E-state index contributed by atoms with van der Waals surface area (Å²) in [5.74, 6) is -0.920. The van der Waals surface area contributed by atoms with Crippen molar-refractivity contribution in [2.24, 2.45) is 5.92 Å². The van der Waals surface area contributed by atoms with Crippen molar-refractivity contribution in [1.82, 2.24) is 14.5 Å². The van der Waals surface area contributed by atoms with Gasteiger partial charge in [0.1, 0.15) is 6.54 Å². The molecule has 0 radical (unpaired) electrons. The Hall–Kier alpha value is -2.05. The van der Waals surface area contributed by atoms with E-state index >= 15 is 0 Å². The molecule has 0 bridgehead atoms. The zero-order valence-electron chi connectivity index (χ0n) is 12.8. The molecule has 23 heavy (non-hydrogen) atoms. The minimum atomic E-state index is -4.59. The molecule has 124 valence electrons. The van der Waals surface area contributed by atoms with Crippen LogP contribution in [0.3, 0.4) is 0 Å². The summed E-state index contributed by atoms with van der Waals surface area (Å²) in [6, 6.07) is 6.36. The maximum absolute atomic E-state index is 13.2. The minimum Gasteiger partial charge on any atom is -0.341 e. The molecule has 4 nitrogen and oxygen atoms in total. The van der Waals surface area contributed by atoms with Gasteiger partial charge in [0, 0.05) is 13.1 Å². The fraction of sp³-hybridized carbons (Fsp3) is 0.500. The maximum atomic E-state index is 13.2. The number of aromatic nitrogens is 2. The molecule has 3 rings (SSSR count). The number of carbonyl (C=O) groups is 1. The van der Waals surface area contributed by atoms with Crippen LogP contribution in [0, 0.1) is 5.92 Å². The van der Waals surface area contributed by atoms with Crippen molar-refractivity contribution in [3.05, 3.63) is 30.1 Å². The van der Waals surface area contributed by atoms with Crippen molar-refractivity contribution in [2.45, 2.75) is 32.5 Å². The Morgan fingerprint density at radius 1 is 1.35 bits per heavy atom. The number of para-hydroxylation sites is 2. The highest BCUT2D eigenvalue weighted by Crippen LogP contribution is 2.31. The Morgan fingerprint density at radius 2 is 2.09 bits per heavy atom. The van der Waals surface area contributed by atoms with Crippen molar-refractivity contribution in [1.29, 1.82) is 0 Å². The van der Waals surface area contributed by atoms with Crippen molar-refractivity contribution in [2.75, 3.05) is 13.1 Å². The number of amides is 1. The van der Waals surface area contributed by atoms with Crippen LogP contribution in [0.2, 0.25) is 0 Å². The highest BCUT2D eigenvalue weighted by molar-refractivity contribution is 5.81. The van der Waals surface area contributed by atoms with Crippen LogP contribution >= 0.6 is 0 Å². The smallest absolute Gasteiger partial charge is 0.341 e. The first kappa shape index (κ1) is 15.8. The zero-order valence-corrected chi connectivity index (χ0v) is 12.8. The highest BCUT2D eigenvalue weighted by atomic mass is 19.4. The van der Waals surface area contributed by atoms with Crippen molar-refractivity contribution in [3.8, 4) is 0 Å². The number of nitrogens with zero attached hydrogens (tertiary/aromatic N) is 3. The van der Waals surface area contributed by atoms with Gasteiger partial charge in [-0.3, -0.25) is 4.79 Å². The van der Waals surface area contributed by atoms with Gasteiger partial charge in [-0.05, 0) is 30.9 Å². The molecule has 2 heterocycles. The van der Waals surface area contributed by atoms with Gasteiger partial charge in [-0.2, -0.15) is 13.2 Å². The van der Waals surface area contributed by atoms with Crippen molar-refractivity contribution < 1.29 is 18.0 Å². The molecule has 1 amide bonds. The third kappa shape index (κ3) is 3.18. The zero-order chi connectivity index (χ0) is 16.6. The molecule has 1 aromatic carbocycles. The first-order valence-corrected chi connectivity index (χ1v) is 7.66. The molecule has 7 heteroatoms. The Bertz CT molecular complexity index is 723. The van der Waals surface area contributed by atoms with Crippen LogP contribution in [0.5, 0.6) is 0 Å². The molecule has 0 saturated carbocycles. The first-order valence-electron chi connectivity index (χ1n) is 7.66. The lowest BCUT2D eigenvalue weighted by Gasteiger charge is -2.31. The molecule has 1 aliphatic rings. The summed E-state index contributed by atoms with van der Waals surface area (Å²) in [6.07, 6.45) is -2.65. The summed E-state index contributed by atoms with van der Waals surface area (Å²) in [5.41, 5.74) is 0.581. The number of likely N-dealkylation sites (tertiary alicyclic amines) is 1. The summed E-state index contributed by atoms with van der Waals surface area (Å²) in [4.78, 5) is 17.8. The van der Waals surface area contributed by atoms with Crippen molar-refractivity contribution in [3.63, 3.8) is 0 Å². The lowest BCUT2D eigenvalue weighted by Crippen LogP contribution is -2.41. The second-order valence-corrected chi connectivity index (χ2v) is 6.10. The monoisotopic (exact) mass is 325 g/mol. The van der Waals surface area contributed by atoms with Crippen LogP contribution in [0.4, 0.5) is 13.2 Å². The van der Waals surface area contributed by atoms with E-state index in [-0.39, 0.29) is 18.0 Å². The standard InChI is InChI=1S/C16H18F3N3O/c1-11-5-4-8-21(9-11)14(23)10-22-13-7-3-2-6-12(13)20-15(22)16(17,18)19/h2-3,6-7,11H,4-5,8-10H2,1H3/t11-/m0/s1. The lowest BCUT2D eigenvalue weighted by atomic mass is 10.0. The third-order valence-corrected chi connectivity index (χ3v) is 4.21. The average molecular weight is 325 g/mol. The van der Waals surface area contributed by atoms with Gasteiger partial charge in [0.05, 0.1) is 11.0 Å². The van der Waals surface area contributed by atoms with E-state index in [0.717, 1.165) is 17.4 Å². The Kier molecular flexibility index (Phi) is 4.04. The van der Waals surface area contributed by atoms with Gasteiger partial charge < -0.3 is 9.47 Å². The van der Waals surface area contributed by atoms with Gasteiger partial charge in [0.25, 0.3) is 0 Å². The molecular formula is C16H18F3N3O. The predicted octanol–water partition coefficient (Wildman–Crippen LogP) is 3.31. The second-order valence-electron chi connectivity index (χ2n) is 6.10. The number of imidazole rings is 1. The normalized spacial score (nSPS) is 19.3. The molecule has 1 atom stereocenters. The van der Waals surface area contributed by atoms with Crippen LogP contribution < -0.4 is 0 Å². The van der Waals surface area contributed by atoms with Gasteiger partial charge in [0.15, 0.2) is 0 Å². The summed E-state index contributed by atoms with van der Waals surface area (Å²) in [6.45, 7) is 2.93. The fourth-order valence-electron chi connectivity index (χ4n) is 3.10. The molecule has 1 fully saturated rings. The fourth-order valence-corrected chi connectivity index (χ4v) is 3.10. The van der Waals surface area contributed by atoms with E-state index in [1.807, 2.05) is 6.92 Å². The molecule has 0 unspecified atom stereocenters. The topological polar surface area (TPSA) is 38.1 Å². The number of carbonyl (C=O) groups excluding carboxylic acids is 1. The molecular weight excluding hydrogens is 307 g/mol. The number of halogens is 3. The van der Waals surface area contributed by atoms with Crippen LogP contribution in [-0.2, 0) is 17.5 Å². The lowest BCUT2D eigenvalue weighted by molar-refractivity contribution is -0.148. The minimum absolute atomic E-state index is 0.250. The molecule has 1 aliphatic heterocycles. The van der Waals surface area contributed by atoms with Gasteiger partial charge in [-0.15, -0.1) is 0 Å². The first-order chi connectivity index (χ1) is 10.9. The van der Waals surface area contributed by atoms with E-state index in [4.69, 9.17) is 0 Å². The van der Waals surface area contributed by atoms with E-state index < -0.39 is 12.0 Å². The van der Waals surface area contributed by atoms with E-state index in [2.05, 4.69) is 4.98 Å². The quantitative estimate of drug-likeness (QED) is 0.849. The average Bonchev–Trinajstić information content (AvgIpc) is 2.86. The number of fused-ring (bicyclic) bond motifs is 1. The maximum Gasteiger partial charge on any atom is 0.449 e. The number of piperidine rings is 1. The van der Waals surface area contributed by atoms with Crippen molar-refractivity contribution >= 4 is 16.9 Å². The van der Waals surface area contributed by atoms with E-state index in [1.165, 1.54) is 6.07 Å². The number of hydrogen-bond donors (Lipinski definition) is 0. The Balaban J connectivity index is 1.93. The highest BCUT2D eigenvalue weighted by Gasteiger charge is 2.38. The number of rotatable bonds is 2. The number of benzene rings is 1. The number of hydrogen-bond acceptors (Lipinski definition) is 2. The SMILES string of the molecule is C[C@H]1CCCN(C(=O)Cn2c(C(F)(F)F)nc3ccccc32)C1.